The quantitative estimate of drug-likeness (QED) is 0.910. The molecule has 1 amide bonds. The third-order valence-electron chi connectivity index (χ3n) is 2.72. The summed E-state index contributed by atoms with van der Waals surface area (Å²) in [6.07, 6.45) is 4.75. The Bertz CT molecular complexity index is 590. The van der Waals surface area contributed by atoms with Gasteiger partial charge in [-0.1, -0.05) is 0 Å². The highest BCUT2D eigenvalue weighted by atomic mass is 16.5. The van der Waals surface area contributed by atoms with E-state index in [4.69, 9.17) is 9.15 Å². The number of hydrogen-bond donors (Lipinski definition) is 1. The maximum Gasteiger partial charge on any atom is 0.253 e. The van der Waals surface area contributed by atoms with Crippen LogP contribution in [0.1, 0.15) is 35.5 Å². The summed E-state index contributed by atoms with van der Waals surface area (Å²) in [5.41, 5.74) is 1.48. The minimum atomic E-state index is -0.206. The maximum atomic E-state index is 12.0. The molecular formula is C15H18N2O3. The highest BCUT2D eigenvalue weighted by Gasteiger charge is 2.10. The van der Waals surface area contributed by atoms with Crippen LogP contribution in [-0.2, 0) is 6.54 Å². The maximum absolute atomic E-state index is 12.0. The van der Waals surface area contributed by atoms with E-state index >= 15 is 0 Å². The number of carbonyl (C=O) groups excluding carboxylic acids is 1. The van der Waals surface area contributed by atoms with Crippen LogP contribution in [0.3, 0.4) is 0 Å². The minimum Gasteiger partial charge on any atom is -0.489 e. The molecule has 0 spiro atoms. The van der Waals surface area contributed by atoms with Gasteiger partial charge in [0.2, 0.25) is 0 Å². The van der Waals surface area contributed by atoms with Gasteiger partial charge in [0.15, 0.2) is 0 Å². The summed E-state index contributed by atoms with van der Waals surface area (Å²) >= 11 is 0. The summed E-state index contributed by atoms with van der Waals surface area (Å²) < 4.78 is 10.8. The van der Waals surface area contributed by atoms with Crippen molar-refractivity contribution in [3.63, 3.8) is 0 Å². The van der Waals surface area contributed by atoms with Gasteiger partial charge in [0, 0.05) is 6.20 Å². The average molecular weight is 274 g/mol. The molecule has 20 heavy (non-hydrogen) atoms. The largest absolute Gasteiger partial charge is 0.489 e. The van der Waals surface area contributed by atoms with Gasteiger partial charge in [-0.2, -0.15) is 0 Å². The molecule has 0 aliphatic carbocycles. The molecule has 0 bridgehead atoms. The molecule has 106 valence electrons. The van der Waals surface area contributed by atoms with Gasteiger partial charge in [-0.05, 0) is 38.5 Å². The molecule has 5 nitrogen and oxygen atoms in total. The molecule has 5 heteroatoms. The van der Waals surface area contributed by atoms with E-state index in [0.717, 1.165) is 11.3 Å². The topological polar surface area (TPSA) is 64.4 Å². The van der Waals surface area contributed by atoms with Crippen molar-refractivity contribution in [2.75, 3.05) is 0 Å². The molecule has 2 aromatic rings. The van der Waals surface area contributed by atoms with Crippen molar-refractivity contribution in [3.05, 3.63) is 47.7 Å². The van der Waals surface area contributed by atoms with Crippen molar-refractivity contribution in [3.8, 4) is 5.75 Å². The molecular weight excluding hydrogens is 256 g/mol. The third kappa shape index (κ3) is 3.60. The molecule has 0 saturated carbocycles. The lowest BCUT2D eigenvalue weighted by Crippen LogP contribution is -2.23. The van der Waals surface area contributed by atoms with E-state index in [1.54, 1.807) is 18.5 Å². The van der Waals surface area contributed by atoms with Crippen molar-refractivity contribution in [2.45, 2.75) is 33.4 Å². The third-order valence-corrected chi connectivity index (χ3v) is 2.72. The zero-order valence-corrected chi connectivity index (χ0v) is 11.8. The van der Waals surface area contributed by atoms with Crippen molar-refractivity contribution >= 4 is 5.91 Å². The molecule has 2 rings (SSSR count). The van der Waals surface area contributed by atoms with Crippen LogP contribution in [0.2, 0.25) is 0 Å². The Labute approximate surface area is 118 Å². The Morgan fingerprint density at radius 2 is 2.25 bits per heavy atom. The van der Waals surface area contributed by atoms with Gasteiger partial charge in [-0.25, -0.2) is 0 Å². The lowest BCUT2D eigenvalue weighted by molar-refractivity contribution is 0.0947. The van der Waals surface area contributed by atoms with Gasteiger partial charge >= 0.3 is 0 Å². The molecule has 0 unspecified atom stereocenters. The smallest absolute Gasteiger partial charge is 0.253 e. The fourth-order valence-corrected chi connectivity index (χ4v) is 1.73. The van der Waals surface area contributed by atoms with Crippen LogP contribution < -0.4 is 10.1 Å². The fourth-order valence-electron chi connectivity index (χ4n) is 1.73. The van der Waals surface area contributed by atoms with Crippen LogP contribution in [0, 0.1) is 6.92 Å². The molecule has 0 atom stereocenters. The van der Waals surface area contributed by atoms with Crippen LogP contribution in [0.5, 0.6) is 5.75 Å². The number of aromatic nitrogens is 1. The van der Waals surface area contributed by atoms with Crippen LogP contribution >= 0.6 is 0 Å². The summed E-state index contributed by atoms with van der Waals surface area (Å²) in [4.78, 5) is 16.1. The normalized spacial score (nSPS) is 10.6. The number of ether oxygens (including phenoxy) is 1. The monoisotopic (exact) mass is 274 g/mol. The number of amides is 1. The Hall–Kier alpha value is -2.30. The SMILES string of the molecule is Cc1ccoc1CNC(=O)c1cncc(OC(C)C)c1. The number of hydrogen-bond acceptors (Lipinski definition) is 4. The first-order chi connectivity index (χ1) is 9.56. The second kappa shape index (κ2) is 6.23. The number of aryl methyl sites for hydroxylation is 1. The summed E-state index contributed by atoms with van der Waals surface area (Å²) in [7, 11) is 0. The van der Waals surface area contributed by atoms with Gasteiger partial charge < -0.3 is 14.5 Å². The zero-order valence-electron chi connectivity index (χ0n) is 11.8. The number of furan rings is 1. The number of nitrogens with zero attached hydrogens (tertiary/aromatic N) is 1. The summed E-state index contributed by atoms with van der Waals surface area (Å²) in [6, 6.07) is 3.54. The summed E-state index contributed by atoms with van der Waals surface area (Å²) in [6.45, 7) is 6.13. The van der Waals surface area contributed by atoms with E-state index in [1.165, 1.54) is 6.20 Å². The summed E-state index contributed by atoms with van der Waals surface area (Å²) in [5.74, 6) is 1.13. The van der Waals surface area contributed by atoms with E-state index in [1.807, 2.05) is 26.8 Å². The van der Waals surface area contributed by atoms with Crippen molar-refractivity contribution < 1.29 is 13.9 Å². The van der Waals surface area contributed by atoms with Crippen LogP contribution in [0.25, 0.3) is 0 Å². The lowest BCUT2D eigenvalue weighted by atomic mass is 10.2. The first-order valence-corrected chi connectivity index (χ1v) is 6.49. The lowest BCUT2D eigenvalue weighted by Gasteiger charge is -2.10. The number of nitrogens with one attached hydrogen (secondary N) is 1. The van der Waals surface area contributed by atoms with Crippen LogP contribution in [0.15, 0.2) is 35.2 Å². The molecule has 2 heterocycles. The second-order valence-electron chi connectivity index (χ2n) is 4.79. The Morgan fingerprint density at radius 1 is 1.45 bits per heavy atom. The van der Waals surface area contributed by atoms with Crippen LogP contribution in [0.4, 0.5) is 0 Å². The fraction of sp³-hybridized carbons (Fsp3) is 0.333. The predicted octanol–water partition coefficient (Wildman–Crippen LogP) is 2.70. The molecule has 0 aliphatic rings. The Balaban J connectivity index is 2.00. The van der Waals surface area contributed by atoms with Crippen molar-refractivity contribution in [1.29, 1.82) is 0 Å². The van der Waals surface area contributed by atoms with Crippen LogP contribution in [-0.4, -0.2) is 17.0 Å². The second-order valence-corrected chi connectivity index (χ2v) is 4.79. The van der Waals surface area contributed by atoms with E-state index in [-0.39, 0.29) is 12.0 Å². The molecule has 0 fully saturated rings. The highest BCUT2D eigenvalue weighted by molar-refractivity contribution is 5.94. The van der Waals surface area contributed by atoms with E-state index in [2.05, 4.69) is 10.3 Å². The Kier molecular flexibility index (Phi) is 4.40. The highest BCUT2D eigenvalue weighted by Crippen LogP contribution is 2.13. The van der Waals surface area contributed by atoms with Gasteiger partial charge in [-0.3, -0.25) is 9.78 Å². The number of carbonyl (C=O) groups is 1. The van der Waals surface area contributed by atoms with Gasteiger partial charge in [0.1, 0.15) is 11.5 Å². The average Bonchev–Trinajstić information content (AvgIpc) is 2.81. The number of rotatable bonds is 5. The zero-order chi connectivity index (χ0) is 14.5. The first kappa shape index (κ1) is 14.1. The van der Waals surface area contributed by atoms with Crippen molar-refractivity contribution in [1.82, 2.24) is 10.3 Å². The van der Waals surface area contributed by atoms with E-state index < -0.39 is 0 Å². The number of pyridine rings is 1. The molecule has 2 aromatic heterocycles. The first-order valence-electron chi connectivity index (χ1n) is 6.49. The standard InChI is InChI=1S/C15H18N2O3/c1-10(2)20-13-6-12(7-16-8-13)15(18)17-9-14-11(3)4-5-19-14/h4-8,10H,9H2,1-3H3,(H,17,18). The molecule has 1 N–H and O–H groups in total. The van der Waals surface area contributed by atoms with E-state index in [0.29, 0.717) is 17.9 Å². The van der Waals surface area contributed by atoms with Gasteiger partial charge in [0.25, 0.3) is 5.91 Å². The van der Waals surface area contributed by atoms with Gasteiger partial charge in [-0.15, -0.1) is 0 Å². The summed E-state index contributed by atoms with van der Waals surface area (Å²) in [5, 5.41) is 2.79. The molecule has 0 aliphatic heterocycles. The van der Waals surface area contributed by atoms with E-state index in [9.17, 15) is 4.79 Å². The molecule has 0 radical (unpaired) electrons. The van der Waals surface area contributed by atoms with Gasteiger partial charge in [0.05, 0.1) is 30.7 Å². The minimum absolute atomic E-state index is 0.0425. The molecule has 0 saturated heterocycles. The Morgan fingerprint density at radius 3 is 2.90 bits per heavy atom. The van der Waals surface area contributed by atoms with Crippen molar-refractivity contribution in [2.24, 2.45) is 0 Å². The predicted molar refractivity (Wildman–Crippen MR) is 74.6 cm³/mol. The molecule has 0 aromatic carbocycles.